The lowest BCUT2D eigenvalue weighted by Gasteiger charge is -2.36. The van der Waals surface area contributed by atoms with Gasteiger partial charge in [0.25, 0.3) is 0 Å². The van der Waals surface area contributed by atoms with E-state index in [4.69, 9.17) is 10.8 Å². The van der Waals surface area contributed by atoms with Gasteiger partial charge in [0.05, 0.1) is 12.5 Å². The first kappa shape index (κ1) is 20.1. The predicted octanol–water partition coefficient (Wildman–Crippen LogP) is 0.781. The van der Waals surface area contributed by atoms with Crippen molar-refractivity contribution in [1.29, 1.82) is 0 Å². The van der Waals surface area contributed by atoms with Gasteiger partial charge in [-0.25, -0.2) is 9.97 Å². The first-order chi connectivity index (χ1) is 14.5. The van der Waals surface area contributed by atoms with Crippen LogP contribution in [-0.2, 0) is 9.59 Å². The van der Waals surface area contributed by atoms with Gasteiger partial charge in [0, 0.05) is 56.4 Å². The topological polar surface area (TPSA) is 116 Å². The molecule has 30 heavy (non-hydrogen) atoms. The number of anilines is 2. The third-order valence-electron chi connectivity index (χ3n) is 5.85. The number of carbonyl (C=O) groups excluding carboxylic acids is 1. The number of nitrogens with zero attached hydrogens (tertiary/aromatic N) is 5. The maximum Gasteiger partial charge on any atom is 0.307 e. The Kier molecular flexibility index (Phi) is 5.80. The quantitative estimate of drug-likeness (QED) is 0.743. The number of likely N-dealkylation sites (tertiary alicyclic amines) is 1. The Morgan fingerprint density at radius 2 is 1.67 bits per heavy atom. The zero-order chi connectivity index (χ0) is 21.1. The summed E-state index contributed by atoms with van der Waals surface area (Å²) in [5.74, 6) is -0.778. The Hall–Kier alpha value is -3.20. The molecule has 1 atom stereocenters. The SMILES string of the molecule is Nc1ncc(-c2ccc(N3CCN(C(=O)CN4CCC(C(=O)O)C4)CC3)cc2)cn1. The first-order valence-electron chi connectivity index (χ1n) is 10.2. The number of aliphatic carboxylic acids is 1. The van der Waals surface area contributed by atoms with Crippen LogP contribution in [0.3, 0.4) is 0 Å². The minimum absolute atomic E-state index is 0.0828. The number of carboxylic acid groups (broad SMARTS) is 1. The van der Waals surface area contributed by atoms with Crippen LogP contribution in [-0.4, -0.2) is 82.6 Å². The fourth-order valence-corrected chi connectivity index (χ4v) is 4.03. The van der Waals surface area contributed by atoms with Gasteiger partial charge < -0.3 is 20.6 Å². The maximum atomic E-state index is 12.6. The van der Waals surface area contributed by atoms with Gasteiger partial charge >= 0.3 is 5.97 Å². The van der Waals surface area contributed by atoms with Crippen LogP contribution < -0.4 is 10.6 Å². The van der Waals surface area contributed by atoms with E-state index in [-0.39, 0.29) is 17.8 Å². The van der Waals surface area contributed by atoms with Gasteiger partial charge in [-0.05, 0) is 30.7 Å². The summed E-state index contributed by atoms with van der Waals surface area (Å²) >= 11 is 0. The number of carboxylic acids is 1. The van der Waals surface area contributed by atoms with Crippen molar-refractivity contribution in [1.82, 2.24) is 19.8 Å². The van der Waals surface area contributed by atoms with Gasteiger partial charge in [0.15, 0.2) is 0 Å². The molecule has 0 bridgehead atoms. The standard InChI is InChI=1S/C21H26N6O3/c22-21-23-11-17(12-24-21)15-1-3-18(4-2-15)26-7-9-27(10-8-26)19(28)14-25-6-5-16(13-25)20(29)30/h1-4,11-12,16H,5-10,13-14H2,(H,29,30)(H2,22,23,24). The second-order valence-electron chi connectivity index (χ2n) is 7.80. The number of aromatic nitrogens is 2. The Balaban J connectivity index is 1.28. The fraction of sp³-hybridized carbons (Fsp3) is 0.429. The summed E-state index contributed by atoms with van der Waals surface area (Å²) in [6.45, 7) is 4.33. The Labute approximate surface area is 175 Å². The van der Waals surface area contributed by atoms with Gasteiger partial charge in [-0.15, -0.1) is 0 Å². The normalized spacial score (nSPS) is 19.8. The number of benzene rings is 1. The van der Waals surface area contributed by atoms with Gasteiger partial charge in [0.2, 0.25) is 11.9 Å². The molecule has 0 saturated carbocycles. The van der Waals surface area contributed by atoms with Crippen LogP contribution in [0.25, 0.3) is 11.1 Å². The van der Waals surface area contributed by atoms with Crippen LogP contribution in [0.2, 0.25) is 0 Å². The highest BCUT2D eigenvalue weighted by Gasteiger charge is 2.30. The molecular formula is C21H26N6O3. The molecule has 2 aromatic rings. The second-order valence-corrected chi connectivity index (χ2v) is 7.80. The number of carbonyl (C=O) groups is 2. The molecule has 0 aliphatic carbocycles. The summed E-state index contributed by atoms with van der Waals surface area (Å²) in [6.07, 6.45) is 4.04. The highest BCUT2D eigenvalue weighted by molar-refractivity contribution is 5.79. The number of nitrogens with two attached hydrogens (primary N) is 1. The van der Waals surface area contributed by atoms with Crippen LogP contribution in [0.15, 0.2) is 36.7 Å². The lowest BCUT2D eigenvalue weighted by molar-refractivity contribution is -0.141. The summed E-state index contributed by atoms with van der Waals surface area (Å²) in [5, 5.41) is 9.11. The van der Waals surface area contributed by atoms with E-state index in [1.54, 1.807) is 12.4 Å². The lowest BCUT2D eigenvalue weighted by Crippen LogP contribution is -2.51. The molecule has 2 aliphatic rings. The molecule has 1 aromatic heterocycles. The van der Waals surface area contributed by atoms with Crippen molar-refractivity contribution in [3.8, 4) is 11.1 Å². The molecule has 9 heteroatoms. The van der Waals surface area contributed by atoms with Crippen molar-refractivity contribution in [3.63, 3.8) is 0 Å². The molecule has 2 aliphatic heterocycles. The van der Waals surface area contributed by atoms with Crippen LogP contribution in [0.5, 0.6) is 0 Å². The molecule has 1 aromatic carbocycles. The fourth-order valence-electron chi connectivity index (χ4n) is 4.03. The van der Waals surface area contributed by atoms with E-state index in [0.29, 0.717) is 39.1 Å². The molecule has 1 unspecified atom stereocenters. The number of nitrogen functional groups attached to an aromatic ring is 1. The summed E-state index contributed by atoms with van der Waals surface area (Å²) in [5.41, 5.74) is 8.60. The molecule has 3 heterocycles. The number of hydrogen-bond acceptors (Lipinski definition) is 7. The van der Waals surface area contributed by atoms with E-state index in [1.165, 1.54) is 0 Å². The molecule has 2 saturated heterocycles. The van der Waals surface area contributed by atoms with Crippen molar-refractivity contribution in [2.45, 2.75) is 6.42 Å². The molecule has 9 nitrogen and oxygen atoms in total. The number of amides is 1. The zero-order valence-electron chi connectivity index (χ0n) is 16.8. The van der Waals surface area contributed by atoms with E-state index in [1.807, 2.05) is 21.9 Å². The Morgan fingerprint density at radius 1 is 1.00 bits per heavy atom. The first-order valence-corrected chi connectivity index (χ1v) is 10.2. The predicted molar refractivity (Wildman–Crippen MR) is 113 cm³/mol. The minimum atomic E-state index is -0.770. The van der Waals surface area contributed by atoms with Gasteiger partial charge in [-0.2, -0.15) is 0 Å². The van der Waals surface area contributed by atoms with Crippen LogP contribution in [0, 0.1) is 5.92 Å². The summed E-state index contributed by atoms with van der Waals surface area (Å²) in [4.78, 5) is 37.8. The second kappa shape index (κ2) is 8.66. The largest absolute Gasteiger partial charge is 0.481 e. The van der Waals surface area contributed by atoms with E-state index in [2.05, 4.69) is 27.0 Å². The highest BCUT2D eigenvalue weighted by atomic mass is 16.4. The molecular weight excluding hydrogens is 384 g/mol. The van der Waals surface area contributed by atoms with Gasteiger partial charge in [0.1, 0.15) is 0 Å². The van der Waals surface area contributed by atoms with Gasteiger partial charge in [-0.1, -0.05) is 12.1 Å². The number of piperazine rings is 1. The van der Waals surface area contributed by atoms with Crippen molar-refractivity contribution in [2.24, 2.45) is 5.92 Å². The third-order valence-corrected chi connectivity index (χ3v) is 5.85. The van der Waals surface area contributed by atoms with Crippen LogP contribution >= 0.6 is 0 Å². The number of hydrogen-bond donors (Lipinski definition) is 2. The molecule has 4 rings (SSSR count). The van der Waals surface area contributed by atoms with Crippen LogP contribution in [0.1, 0.15) is 6.42 Å². The van der Waals surface area contributed by atoms with Crippen molar-refractivity contribution >= 4 is 23.5 Å². The van der Waals surface area contributed by atoms with Crippen molar-refractivity contribution in [3.05, 3.63) is 36.7 Å². The Bertz CT molecular complexity index is 894. The molecule has 0 radical (unpaired) electrons. The lowest BCUT2D eigenvalue weighted by atomic mass is 10.1. The van der Waals surface area contributed by atoms with Gasteiger partial charge in [-0.3, -0.25) is 14.5 Å². The minimum Gasteiger partial charge on any atom is -0.481 e. The molecule has 2 fully saturated rings. The summed E-state index contributed by atoms with van der Waals surface area (Å²) < 4.78 is 0. The molecule has 3 N–H and O–H groups in total. The van der Waals surface area contributed by atoms with E-state index >= 15 is 0 Å². The smallest absolute Gasteiger partial charge is 0.307 e. The molecule has 158 valence electrons. The average molecular weight is 410 g/mol. The number of rotatable bonds is 5. The van der Waals surface area contributed by atoms with E-state index < -0.39 is 5.97 Å². The highest BCUT2D eigenvalue weighted by Crippen LogP contribution is 2.23. The van der Waals surface area contributed by atoms with Crippen molar-refractivity contribution in [2.75, 3.05) is 56.4 Å². The summed E-state index contributed by atoms with van der Waals surface area (Å²) in [6, 6.07) is 8.21. The Morgan fingerprint density at radius 3 is 2.27 bits per heavy atom. The zero-order valence-corrected chi connectivity index (χ0v) is 16.8. The van der Waals surface area contributed by atoms with E-state index in [9.17, 15) is 9.59 Å². The van der Waals surface area contributed by atoms with Crippen LogP contribution in [0.4, 0.5) is 11.6 Å². The molecule has 1 amide bonds. The maximum absolute atomic E-state index is 12.6. The van der Waals surface area contributed by atoms with Crippen molar-refractivity contribution < 1.29 is 14.7 Å². The molecule has 0 spiro atoms. The third kappa shape index (κ3) is 4.51. The average Bonchev–Trinajstić information content (AvgIpc) is 3.23. The summed E-state index contributed by atoms with van der Waals surface area (Å²) in [7, 11) is 0. The van der Waals surface area contributed by atoms with E-state index in [0.717, 1.165) is 29.9 Å². The monoisotopic (exact) mass is 410 g/mol.